The Morgan fingerprint density at radius 3 is 2.41 bits per heavy atom. The largest absolute Gasteiger partial charge is 0.384 e. The van der Waals surface area contributed by atoms with Crippen LogP contribution < -0.4 is 5.32 Å². The molecule has 1 aromatic carbocycles. The van der Waals surface area contributed by atoms with Crippen molar-refractivity contribution in [3.63, 3.8) is 0 Å². The number of nitrogens with one attached hydrogen (secondary N) is 1. The van der Waals surface area contributed by atoms with Crippen molar-refractivity contribution < 1.29 is 13.9 Å². The molecule has 4 heteroatoms. The standard InChI is InChI=1S/C13H19F2NO/c1-8(2)16-7-13(4,17)10-6-11(14)9(3)5-12(10)15/h5-6,8,16-17H,7H2,1-4H3. The summed E-state index contributed by atoms with van der Waals surface area (Å²) >= 11 is 0. The summed E-state index contributed by atoms with van der Waals surface area (Å²) in [5.41, 5.74) is -1.21. The molecule has 0 aliphatic rings. The first-order valence-electron chi connectivity index (χ1n) is 5.66. The highest BCUT2D eigenvalue weighted by atomic mass is 19.1. The first kappa shape index (κ1) is 14.1. The zero-order chi connectivity index (χ0) is 13.2. The third-order valence-electron chi connectivity index (χ3n) is 2.68. The molecule has 1 rings (SSSR count). The summed E-state index contributed by atoms with van der Waals surface area (Å²) in [5.74, 6) is -1.09. The maximum absolute atomic E-state index is 13.7. The Morgan fingerprint density at radius 1 is 1.29 bits per heavy atom. The molecule has 0 fully saturated rings. The second-order valence-electron chi connectivity index (χ2n) is 4.89. The molecule has 1 aromatic rings. The second kappa shape index (κ2) is 5.10. The van der Waals surface area contributed by atoms with Crippen molar-refractivity contribution in [2.75, 3.05) is 6.54 Å². The van der Waals surface area contributed by atoms with Gasteiger partial charge in [0.2, 0.25) is 0 Å². The Balaban J connectivity index is 3.01. The Hall–Kier alpha value is -1.00. The Bertz CT molecular complexity index is 403. The normalized spacial score (nSPS) is 15.1. The molecule has 0 aromatic heterocycles. The molecule has 96 valence electrons. The van der Waals surface area contributed by atoms with E-state index in [0.717, 1.165) is 12.1 Å². The average Bonchev–Trinajstić information content (AvgIpc) is 2.20. The van der Waals surface area contributed by atoms with E-state index in [-0.39, 0.29) is 23.7 Å². The third-order valence-corrected chi connectivity index (χ3v) is 2.68. The van der Waals surface area contributed by atoms with Crippen molar-refractivity contribution in [3.8, 4) is 0 Å². The molecule has 1 atom stereocenters. The van der Waals surface area contributed by atoms with Crippen LogP contribution >= 0.6 is 0 Å². The summed E-state index contributed by atoms with van der Waals surface area (Å²) in [6.07, 6.45) is 0. The highest BCUT2D eigenvalue weighted by molar-refractivity contribution is 5.29. The minimum absolute atomic E-state index is 0.0197. The molecule has 2 N–H and O–H groups in total. The molecule has 0 saturated carbocycles. The molecule has 0 aliphatic heterocycles. The molecule has 0 bridgehead atoms. The maximum Gasteiger partial charge on any atom is 0.129 e. The molecule has 0 radical (unpaired) electrons. The van der Waals surface area contributed by atoms with Crippen LogP contribution in [0.2, 0.25) is 0 Å². The Labute approximate surface area is 101 Å². The van der Waals surface area contributed by atoms with E-state index in [9.17, 15) is 13.9 Å². The van der Waals surface area contributed by atoms with Crippen LogP contribution in [0.15, 0.2) is 12.1 Å². The van der Waals surface area contributed by atoms with Crippen LogP contribution in [0.3, 0.4) is 0 Å². The third kappa shape index (κ3) is 3.48. The molecule has 0 saturated heterocycles. The van der Waals surface area contributed by atoms with Gasteiger partial charge in [-0.25, -0.2) is 8.78 Å². The van der Waals surface area contributed by atoms with Crippen LogP contribution in [0.1, 0.15) is 31.9 Å². The lowest BCUT2D eigenvalue weighted by Crippen LogP contribution is -2.39. The number of rotatable bonds is 4. The molecular weight excluding hydrogens is 224 g/mol. The van der Waals surface area contributed by atoms with Crippen molar-refractivity contribution in [3.05, 3.63) is 34.9 Å². The fourth-order valence-electron chi connectivity index (χ4n) is 1.56. The SMILES string of the molecule is Cc1cc(F)c(C(C)(O)CNC(C)C)cc1F. The number of aliphatic hydroxyl groups is 1. The van der Waals surface area contributed by atoms with E-state index >= 15 is 0 Å². The lowest BCUT2D eigenvalue weighted by atomic mass is 9.94. The van der Waals surface area contributed by atoms with Crippen LogP contribution in [0, 0.1) is 18.6 Å². The molecule has 0 amide bonds. The number of benzene rings is 1. The van der Waals surface area contributed by atoms with E-state index in [0.29, 0.717) is 0 Å². The van der Waals surface area contributed by atoms with E-state index in [1.807, 2.05) is 13.8 Å². The fraction of sp³-hybridized carbons (Fsp3) is 0.538. The van der Waals surface area contributed by atoms with Crippen molar-refractivity contribution in [1.82, 2.24) is 5.32 Å². The van der Waals surface area contributed by atoms with Gasteiger partial charge in [0.25, 0.3) is 0 Å². The monoisotopic (exact) mass is 243 g/mol. The minimum atomic E-state index is -1.43. The zero-order valence-electron chi connectivity index (χ0n) is 10.6. The lowest BCUT2D eigenvalue weighted by Gasteiger charge is -2.26. The molecule has 0 heterocycles. The molecule has 1 unspecified atom stereocenters. The van der Waals surface area contributed by atoms with Crippen LogP contribution in [0.5, 0.6) is 0 Å². The fourth-order valence-corrected chi connectivity index (χ4v) is 1.56. The number of hydrogen-bond donors (Lipinski definition) is 2. The summed E-state index contributed by atoms with van der Waals surface area (Å²) in [6, 6.07) is 2.33. The highest BCUT2D eigenvalue weighted by Gasteiger charge is 2.27. The summed E-state index contributed by atoms with van der Waals surface area (Å²) in [4.78, 5) is 0. The summed E-state index contributed by atoms with van der Waals surface area (Å²) in [6.45, 7) is 6.97. The van der Waals surface area contributed by atoms with Crippen LogP contribution in [0.4, 0.5) is 8.78 Å². The summed E-state index contributed by atoms with van der Waals surface area (Å²) in [7, 11) is 0. The molecule has 2 nitrogen and oxygen atoms in total. The Morgan fingerprint density at radius 2 is 1.88 bits per heavy atom. The van der Waals surface area contributed by atoms with Gasteiger partial charge in [-0.15, -0.1) is 0 Å². The van der Waals surface area contributed by atoms with Crippen molar-refractivity contribution in [2.24, 2.45) is 0 Å². The summed E-state index contributed by atoms with van der Waals surface area (Å²) < 4.78 is 27.1. The topological polar surface area (TPSA) is 32.3 Å². The van der Waals surface area contributed by atoms with E-state index in [2.05, 4.69) is 5.32 Å². The van der Waals surface area contributed by atoms with Crippen molar-refractivity contribution in [1.29, 1.82) is 0 Å². The van der Waals surface area contributed by atoms with Gasteiger partial charge in [0, 0.05) is 18.2 Å². The van der Waals surface area contributed by atoms with Crippen LogP contribution in [0.25, 0.3) is 0 Å². The number of hydrogen-bond acceptors (Lipinski definition) is 2. The zero-order valence-corrected chi connectivity index (χ0v) is 10.6. The van der Waals surface area contributed by atoms with Crippen molar-refractivity contribution >= 4 is 0 Å². The van der Waals surface area contributed by atoms with Gasteiger partial charge in [-0.3, -0.25) is 0 Å². The highest BCUT2D eigenvalue weighted by Crippen LogP contribution is 2.25. The van der Waals surface area contributed by atoms with Gasteiger partial charge in [0.15, 0.2) is 0 Å². The molecular formula is C13H19F2NO. The first-order valence-corrected chi connectivity index (χ1v) is 5.66. The predicted molar refractivity (Wildman–Crippen MR) is 63.8 cm³/mol. The second-order valence-corrected chi connectivity index (χ2v) is 4.89. The van der Waals surface area contributed by atoms with Crippen LogP contribution in [-0.2, 0) is 5.60 Å². The van der Waals surface area contributed by atoms with Gasteiger partial charge in [-0.2, -0.15) is 0 Å². The first-order chi connectivity index (χ1) is 7.74. The van der Waals surface area contributed by atoms with Gasteiger partial charge in [-0.1, -0.05) is 13.8 Å². The van der Waals surface area contributed by atoms with Crippen LogP contribution in [-0.4, -0.2) is 17.7 Å². The Kier molecular flexibility index (Phi) is 4.22. The molecule has 0 spiro atoms. The smallest absolute Gasteiger partial charge is 0.129 e. The average molecular weight is 243 g/mol. The van der Waals surface area contributed by atoms with E-state index in [1.165, 1.54) is 13.8 Å². The van der Waals surface area contributed by atoms with Gasteiger partial charge in [0.1, 0.15) is 17.2 Å². The maximum atomic E-state index is 13.7. The quantitative estimate of drug-likeness (QED) is 0.851. The lowest BCUT2D eigenvalue weighted by molar-refractivity contribution is 0.0509. The van der Waals surface area contributed by atoms with E-state index < -0.39 is 17.2 Å². The van der Waals surface area contributed by atoms with Gasteiger partial charge in [0.05, 0.1) is 0 Å². The van der Waals surface area contributed by atoms with E-state index in [4.69, 9.17) is 0 Å². The number of aryl methyl sites for hydroxylation is 1. The van der Waals surface area contributed by atoms with Gasteiger partial charge in [-0.05, 0) is 31.5 Å². The molecule has 17 heavy (non-hydrogen) atoms. The molecule has 0 aliphatic carbocycles. The summed E-state index contributed by atoms with van der Waals surface area (Å²) in [5, 5.41) is 13.2. The van der Waals surface area contributed by atoms with Gasteiger partial charge >= 0.3 is 0 Å². The predicted octanol–water partition coefficient (Wildman–Crippen LogP) is 2.48. The number of halogens is 2. The van der Waals surface area contributed by atoms with E-state index in [1.54, 1.807) is 0 Å². The van der Waals surface area contributed by atoms with Gasteiger partial charge < -0.3 is 10.4 Å². The minimum Gasteiger partial charge on any atom is -0.384 e. The van der Waals surface area contributed by atoms with Crippen molar-refractivity contribution in [2.45, 2.75) is 39.3 Å².